The van der Waals surface area contributed by atoms with E-state index in [0.29, 0.717) is 5.75 Å². The van der Waals surface area contributed by atoms with Gasteiger partial charge in [0.05, 0.1) is 53.0 Å². The van der Waals surface area contributed by atoms with Gasteiger partial charge < -0.3 is 14.8 Å². The molecular formula is C21H22ClN3O7S. The highest BCUT2D eigenvalue weighted by molar-refractivity contribution is 7.90. The van der Waals surface area contributed by atoms with Crippen molar-refractivity contribution in [3.63, 3.8) is 0 Å². The molecule has 10 nitrogen and oxygen atoms in total. The van der Waals surface area contributed by atoms with Crippen molar-refractivity contribution >= 4 is 44.8 Å². The molecule has 1 aliphatic rings. The summed E-state index contributed by atoms with van der Waals surface area (Å²) in [6.45, 7) is 3.24. The smallest absolute Gasteiger partial charge is 0.264 e. The lowest BCUT2D eigenvalue weighted by atomic mass is 10.1. The number of benzene rings is 1. The average molecular weight is 496 g/mol. The first-order chi connectivity index (χ1) is 15.5. The molecule has 176 valence electrons. The number of imide groups is 1. The van der Waals surface area contributed by atoms with Crippen molar-refractivity contribution < 1.29 is 32.3 Å². The zero-order valence-electron chi connectivity index (χ0n) is 18.3. The summed E-state index contributed by atoms with van der Waals surface area (Å²) in [5.74, 6) is -2.25. The van der Waals surface area contributed by atoms with Crippen molar-refractivity contribution in [3.05, 3.63) is 46.1 Å². The second kappa shape index (κ2) is 9.36. The highest BCUT2D eigenvalue weighted by atomic mass is 35.5. The number of carbonyl (C=O) groups is 3. The second-order valence-electron chi connectivity index (χ2n) is 7.29. The van der Waals surface area contributed by atoms with Crippen LogP contribution in [-0.4, -0.2) is 61.7 Å². The van der Waals surface area contributed by atoms with Crippen molar-refractivity contribution in [2.24, 2.45) is 0 Å². The van der Waals surface area contributed by atoms with Crippen LogP contribution in [0.25, 0.3) is 0 Å². The molecular weight excluding hydrogens is 474 g/mol. The molecule has 3 amide bonds. The first kappa shape index (κ1) is 24.5. The van der Waals surface area contributed by atoms with Crippen molar-refractivity contribution in [2.45, 2.75) is 19.9 Å². The molecule has 0 spiro atoms. The van der Waals surface area contributed by atoms with Gasteiger partial charge in [0.1, 0.15) is 9.84 Å². The molecule has 0 saturated carbocycles. The van der Waals surface area contributed by atoms with E-state index in [-0.39, 0.29) is 40.0 Å². The van der Waals surface area contributed by atoms with Crippen LogP contribution in [0.2, 0.25) is 5.02 Å². The van der Waals surface area contributed by atoms with E-state index in [9.17, 15) is 22.8 Å². The monoisotopic (exact) mass is 495 g/mol. The van der Waals surface area contributed by atoms with Crippen LogP contribution in [0.1, 0.15) is 46.3 Å². The van der Waals surface area contributed by atoms with Gasteiger partial charge in [0.2, 0.25) is 5.91 Å². The Hall–Kier alpha value is -3.18. The first-order valence-corrected chi connectivity index (χ1v) is 12.3. The highest BCUT2D eigenvalue weighted by Gasteiger charge is 2.45. The largest absolute Gasteiger partial charge is 0.491 e. The van der Waals surface area contributed by atoms with Crippen molar-refractivity contribution in [2.75, 3.05) is 31.0 Å². The van der Waals surface area contributed by atoms with Crippen molar-refractivity contribution in [1.82, 2.24) is 9.88 Å². The quantitative estimate of drug-likeness (QED) is 0.552. The van der Waals surface area contributed by atoms with Gasteiger partial charge in [-0.1, -0.05) is 11.6 Å². The molecule has 2 heterocycles. The van der Waals surface area contributed by atoms with Crippen LogP contribution >= 0.6 is 11.6 Å². The number of halogens is 1. The minimum Gasteiger partial charge on any atom is -0.491 e. The number of ether oxygens (including phenoxy) is 2. The molecule has 3 rings (SSSR count). The van der Waals surface area contributed by atoms with E-state index in [1.807, 2.05) is 0 Å². The summed E-state index contributed by atoms with van der Waals surface area (Å²) in [6, 6.07) is 4.47. The maximum atomic E-state index is 13.4. The van der Waals surface area contributed by atoms with Crippen LogP contribution < -0.4 is 14.8 Å². The lowest BCUT2D eigenvalue weighted by molar-refractivity contribution is -0.114. The Kier molecular flexibility index (Phi) is 6.94. The Bertz CT molecular complexity index is 1250. The molecule has 1 atom stereocenters. The number of pyridine rings is 1. The first-order valence-electron chi connectivity index (χ1n) is 9.81. The zero-order valence-corrected chi connectivity index (χ0v) is 19.9. The molecule has 1 aliphatic heterocycles. The Morgan fingerprint density at radius 3 is 2.42 bits per heavy atom. The molecule has 1 aromatic heterocycles. The highest BCUT2D eigenvalue weighted by Crippen LogP contribution is 2.39. The molecule has 12 heteroatoms. The number of sulfone groups is 1. The van der Waals surface area contributed by atoms with Crippen LogP contribution in [0.4, 0.5) is 5.69 Å². The minimum atomic E-state index is -3.68. The SMILES string of the molecule is CCOc1nc(C(CS(C)(=O)=O)N2C(=O)c3c(Cl)ccc(NC(C)=O)c3C2=O)ccc1OC. The van der Waals surface area contributed by atoms with Gasteiger partial charge >= 0.3 is 0 Å². The van der Waals surface area contributed by atoms with E-state index in [0.717, 1.165) is 11.2 Å². The third kappa shape index (κ3) is 4.93. The Balaban J connectivity index is 2.17. The fourth-order valence-electron chi connectivity index (χ4n) is 3.52. The Labute approximate surface area is 195 Å². The maximum absolute atomic E-state index is 13.4. The van der Waals surface area contributed by atoms with Gasteiger partial charge in [-0.2, -0.15) is 0 Å². The van der Waals surface area contributed by atoms with Crippen LogP contribution in [0, 0.1) is 0 Å². The topological polar surface area (TPSA) is 132 Å². The summed E-state index contributed by atoms with van der Waals surface area (Å²) in [5.41, 5.74) is -0.0281. The molecule has 1 N–H and O–H groups in total. The van der Waals surface area contributed by atoms with E-state index in [1.165, 1.54) is 38.3 Å². The zero-order chi connectivity index (χ0) is 24.5. The summed E-state index contributed by atoms with van der Waals surface area (Å²) in [6.07, 6.45) is 0.987. The number of carbonyl (C=O) groups excluding carboxylic acids is 3. The van der Waals surface area contributed by atoms with Gasteiger partial charge in [-0.3, -0.25) is 19.3 Å². The van der Waals surface area contributed by atoms with E-state index < -0.39 is 39.4 Å². The van der Waals surface area contributed by atoms with E-state index in [1.54, 1.807) is 6.92 Å². The molecule has 33 heavy (non-hydrogen) atoms. The van der Waals surface area contributed by atoms with Gasteiger partial charge in [0.25, 0.3) is 17.7 Å². The Morgan fingerprint density at radius 2 is 1.85 bits per heavy atom. The van der Waals surface area contributed by atoms with Gasteiger partial charge in [-0.15, -0.1) is 0 Å². The molecule has 1 unspecified atom stereocenters. The summed E-state index contributed by atoms with van der Waals surface area (Å²) in [4.78, 5) is 43.5. The van der Waals surface area contributed by atoms with Crippen molar-refractivity contribution in [1.29, 1.82) is 0 Å². The van der Waals surface area contributed by atoms with E-state index in [4.69, 9.17) is 21.1 Å². The molecule has 2 aromatic rings. The summed E-state index contributed by atoms with van der Waals surface area (Å²) in [7, 11) is -2.26. The third-order valence-electron chi connectivity index (χ3n) is 4.79. The van der Waals surface area contributed by atoms with E-state index >= 15 is 0 Å². The second-order valence-corrected chi connectivity index (χ2v) is 9.88. The number of rotatable bonds is 8. The van der Waals surface area contributed by atoms with Crippen LogP contribution in [-0.2, 0) is 14.6 Å². The number of nitrogens with zero attached hydrogens (tertiary/aromatic N) is 2. The van der Waals surface area contributed by atoms with Gasteiger partial charge in [-0.25, -0.2) is 13.4 Å². The minimum absolute atomic E-state index is 0.00393. The molecule has 0 bridgehead atoms. The van der Waals surface area contributed by atoms with Crippen LogP contribution in [0.5, 0.6) is 11.6 Å². The molecule has 1 aromatic carbocycles. The predicted octanol–water partition coefficient (Wildman–Crippen LogP) is 2.48. The van der Waals surface area contributed by atoms with Crippen molar-refractivity contribution in [3.8, 4) is 11.6 Å². The van der Waals surface area contributed by atoms with Crippen LogP contribution in [0.15, 0.2) is 24.3 Å². The number of anilines is 1. The average Bonchev–Trinajstić information content (AvgIpc) is 2.99. The number of amides is 3. The Morgan fingerprint density at radius 1 is 1.18 bits per heavy atom. The summed E-state index contributed by atoms with van der Waals surface area (Å²) in [5, 5.41) is 2.50. The molecule has 0 fully saturated rings. The molecule has 0 radical (unpaired) electrons. The number of aromatic nitrogens is 1. The summed E-state index contributed by atoms with van der Waals surface area (Å²) >= 11 is 6.21. The molecule has 0 aliphatic carbocycles. The van der Waals surface area contributed by atoms with Crippen LogP contribution in [0.3, 0.4) is 0 Å². The van der Waals surface area contributed by atoms with Gasteiger partial charge in [0.15, 0.2) is 5.75 Å². The summed E-state index contributed by atoms with van der Waals surface area (Å²) < 4.78 is 35.2. The normalized spacial score (nSPS) is 14.2. The fraction of sp³-hybridized carbons (Fsp3) is 0.333. The van der Waals surface area contributed by atoms with Gasteiger partial charge in [-0.05, 0) is 31.2 Å². The van der Waals surface area contributed by atoms with Gasteiger partial charge in [0, 0.05) is 13.2 Å². The number of hydrogen-bond acceptors (Lipinski definition) is 8. The number of hydrogen-bond donors (Lipinski definition) is 1. The third-order valence-corrected chi connectivity index (χ3v) is 6.03. The fourth-order valence-corrected chi connectivity index (χ4v) is 4.65. The number of fused-ring (bicyclic) bond motifs is 1. The van der Waals surface area contributed by atoms with E-state index in [2.05, 4.69) is 10.3 Å². The number of nitrogens with one attached hydrogen (secondary N) is 1. The number of methoxy groups -OCH3 is 1. The predicted molar refractivity (Wildman–Crippen MR) is 121 cm³/mol. The lowest BCUT2D eigenvalue weighted by Gasteiger charge is -2.26. The maximum Gasteiger partial charge on any atom is 0.264 e. The molecule has 0 saturated heterocycles. The standard InChI is InChI=1S/C21H22ClN3O7S/c1-5-32-19-16(31-3)9-8-13(24-19)15(10-33(4,29)30)25-20(27)17-12(22)6-7-14(23-11(2)26)18(17)21(25)28/h6-9,15H,5,10H2,1-4H3,(H,23,26). The lowest BCUT2D eigenvalue weighted by Crippen LogP contribution is -2.38.